The van der Waals surface area contributed by atoms with E-state index in [4.69, 9.17) is 27.9 Å². The van der Waals surface area contributed by atoms with Gasteiger partial charge in [0.25, 0.3) is 11.6 Å². The Kier molecular flexibility index (Phi) is 6.28. The maximum atomic E-state index is 11.7. The van der Waals surface area contributed by atoms with Gasteiger partial charge in [-0.25, -0.2) is 5.43 Å². The molecule has 0 saturated carbocycles. The molecule has 0 aliphatic carbocycles. The highest BCUT2D eigenvalue weighted by Crippen LogP contribution is 2.29. The number of halogens is 2. The first kappa shape index (κ1) is 17.6. The first-order valence-corrected chi connectivity index (χ1v) is 7.48. The average molecular weight is 361 g/mol. The van der Waals surface area contributed by atoms with E-state index >= 15 is 0 Å². The van der Waals surface area contributed by atoms with Crippen LogP contribution in [0.1, 0.15) is 5.56 Å². The molecule has 1 aromatic carbocycles. The highest BCUT2D eigenvalue weighted by atomic mass is 35.5. The van der Waals surface area contributed by atoms with Crippen LogP contribution >= 0.6 is 23.2 Å². The number of morpholine rings is 1. The van der Waals surface area contributed by atoms with Crippen LogP contribution in [0.25, 0.3) is 0 Å². The number of nitrogens with one attached hydrogen (secondary N) is 1. The molecule has 0 bridgehead atoms. The van der Waals surface area contributed by atoms with Gasteiger partial charge in [0.15, 0.2) is 0 Å². The minimum Gasteiger partial charge on any atom is -0.379 e. The molecule has 0 spiro atoms. The molecule has 1 aliphatic rings. The molecule has 0 radical (unpaired) electrons. The van der Waals surface area contributed by atoms with Gasteiger partial charge in [-0.05, 0) is 6.07 Å². The Morgan fingerprint density at radius 3 is 2.74 bits per heavy atom. The van der Waals surface area contributed by atoms with E-state index in [0.717, 1.165) is 0 Å². The summed E-state index contributed by atoms with van der Waals surface area (Å²) in [6.07, 6.45) is 1.24. The van der Waals surface area contributed by atoms with Crippen LogP contribution in [0.2, 0.25) is 10.0 Å². The predicted octanol–water partition coefficient (Wildman–Crippen LogP) is 1.68. The number of hydrogen-bond donors (Lipinski definition) is 1. The number of ether oxygens (including phenoxy) is 1. The number of nitro groups is 1. The van der Waals surface area contributed by atoms with Crippen LogP contribution in [0.15, 0.2) is 17.2 Å². The van der Waals surface area contributed by atoms with Crippen LogP contribution in [0.3, 0.4) is 0 Å². The molecule has 23 heavy (non-hydrogen) atoms. The summed E-state index contributed by atoms with van der Waals surface area (Å²) in [6, 6.07) is 2.46. The number of rotatable bonds is 5. The maximum Gasteiger partial charge on any atom is 0.288 e. The van der Waals surface area contributed by atoms with Gasteiger partial charge in [-0.3, -0.25) is 19.8 Å². The maximum absolute atomic E-state index is 11.7. The molecule has 124 valence electrons. The fraction of sp³-hybridized carbons (Fsp3) is 0.385. The topological polar surface area (TPSA) is 97.1 Å². The average Bonchev–Trinajstić information content (AvgIpc) is 2.50. The van der Waals surface area contributed by atoms with Crippen LogP contribution in [0, 0.1) is 10.1 Å². The number of amides is 1. The third kappa shape index (κ3) is 5.14. The minimum absolute atomic E-state index is 0.0616. The zero-order valence-electron chi connectivity index (χ0n) is 12.0. The second kappa shape index (κ2) is 8.21. The summed E-state index contributed by atoms with van der Waals surface area (Å²) in [5.41, 5.74) is 2.36. The third-order valence-electron chi connectivity index (χ3n) is 3.13. The summed E-state index contributed by atoms with van der Waals surface area (Å²) in [4.78, 5) is 23.9. The Balaban J connectivity index is 1.95. The number of carbonyl (C=O) groups excluding carboxylic acids is 1. The van der Waals surface area contributed by atoms with Crippen molar-refractivity contribution in [3.8, 4) is 0 Å². The molecule has 1 fully saturated rings. The number of carbonyl (C=O) groups is 1. The molecule has 1 heterocycles. The van der Waals surface area contributed by atoms with Crippen molar-refractivity contribution in [3.63, 3.8) is 0 Å². The summed E-state index contributed by atoms with van der Waals surface area (Å²) in [5.74, 6) is -0.289. The lowest BCUT2D eigenvalue weighted by Crippen LogP contribution is -2.42. The van der Waals surface area contributed by atoms with Gasteiger partial charge >= 0.3 is 0 Å². The van der Waals surface area contributed by atoms with Gasteiger partial charge in [-0.2, -0.15) is 5.10 Å². The molecular formula is C13H14Cl2N4O4. The monoisotopic (exact) mass is 360 g/mol. The van der Waals surface area contributed by atoms with Gasteiger partial charge in [0.05, 0.1) is 35.9 Å². The lowest BCUT2D eigenvalue weighted by molar-refractivity contribution is -0.384. The van der Waals surface area contributed by atoms with Gasteiger partial charge in [-0.1, -0.05) is 23.2 Å². The largest absolute Gasteiger partial charge is 0.379 e. The highest BCUT2D eigenvalue weighted by molar-refractivity contribution is 6.37. The molecule has 8 nitrogen and oxygen atoms in total. The van der Waals surface area contributed by atoms with Crippen molar-refractivity contribution in [1.82, 2.24) is 10.3 Å². The normalized spacial score (nSPS) is 15.7. The van der Waals surface area contributed by atoms with Crippen LogP contribution in [-0.4, -0.2) is 54.8 Å². The lowest BCUT2D eigenvalue weighted by atomic mass is 10.2. The molecule has 1 amide bonds. The molecule has 1 aromatic rings. The number of hydrogen-bond acceptors (Lipinski definition) is 6. The first-order valence-electron chi connectivity index (χ1n) is 6.73. The number of benzene rings is 1. The summed E-state index contributed by atoms with van der Waals surface area (Å²) in [6.45, 7) is 2.77. The Labute approximate surface area is 142 Å². The van der Waals surface area contributed by atoms with E-state index in [2.05, 4.69) is 10.5 Å². The van der Waals surface area contributed by atoms with Crippen LogP contribution in [0.5, 0.6) is 0 Å². The van der Waals surface area contributed by atoms with Crippen LogP contribution in [-0.2, 0) is 9.53 Å². The predicted molar refractivity (Wildman–Crippen MR) is 86.1 cm³/mol. The molecule has 1 aliphatic heterocycles. The van der Waals surface area contributed by atoms with Crippen molar-refractivity contribution < 1.29 is 14.5 Å². The van der Waals surface area contributed by atoms with E-state index in [1.165, 1.54) is 18.3 Å². The summed E-state index contributed by atoms with van der Waals surface area (Å²) >= 11 is 11.7. The van der Waals surface area contributed by atoms with E-state index in [-0.39, 0.29) is 33.7 Å². The highest BCUT2D eigenvalue weighted by Gasteiger charge is 2.16. The Hall–Kier alpha value is -1.74. The van der Waals surface area contributed by atoms with Gasteiger partial charge in [0.1, 0.15) is 5.02 Å². The van der Waals surface area contributed by atoms with Gasteiger partial charge in [0.2, 0.25) is 0 Å². The third-order valence-corrected chi connectivity index (χ3v) is 3.76. The van der Waals surface area contributed by atoms with Crippen molar-refractivity contribution in [3.05, 3.63) is 37.9 Å². The van der Waals surface area contributed by atoms with Crippen molar-refractivity contribution >= 4 is 41.0 Å². The van der Waals surface area contributed by atoms with Gasteiger partial charge in [0, 0.05) is 24.7 Å². The summed E-state index contributed by atoms with van der Waals surface area (Å²) in [5, 5.41) is 14.7. The lowest BCUT2D eigenvalue weighted by Gasteiger charge is -2.25. The molecule has 1 N–H and O–H groups in total. The van der Waals surface area contributed by atoms with Crippen LogP contribution in [0.4, 0.5) is 5.69 Å². The van der Waals surface area contributed by atoms with Crippen molar-refractivity contribution in [2.45, 2.75) is 0 Å². The summed E-state index contributed by atoms with van der Waals surface area (Å²) < 4.78 is 5.19. The fourth-order valence-corrected chi connectivity index (χ4v) is 2.47. The zero-order valence-corrected chi connectivity index (χ0v) is 13.5. The van der Waals surface area contributed by atoms with Crippen molar-refractivity contribution in [1.29, 1.82) is 0 Å². The van der Waals surface area contributed by atoms with Crippen molar-refractivity contribution in [2.24, 2.45) is 5.10 Å². The van der Waals surface area contributed by atoms with Gasteiger partial charge in [-0.15, -0.1) is 0 Å². The summed E-state index contributed by atoms with van der Waals surface area (Å²) in [7, 11) is 0. The van der Waals surface area contributed by atoms with Crippen LogP contribution < -0.4 is 5.43 Å². The number of hydrazone groups is 1. The van der Waals surface area contributed by atoms with Gasteiger partial charge < -0.3 is 4.74 Å². The molecule has 0 aromatic heterocycles. The number of nitrogens with zero attached hydrogens (tertiary/aromatic N) is 3. The zero-order chi connectivity index (χ0) is 16.8. The van der Waals surface area contributed by atoms with E-state index in [0.29, 0.717) is 26.3 Å². The standard InChI is InChI=1S/C13H14Cl2N4O4/c14-10-6-11(15)12(19(21)22)5-9(10)7-16-17-13(20)8-18-1-3-23-4-2-18/h5-7H,1-4,8H2,(H,17,20)/b16-7+. The Bertz CT molecular complexity index is 633. The second-order valence-corrected chi connectivity index (χ2v) is 5.58. The van der Waals surface area contributed by atoms with E-state index in [1.54, 1.807) is 0 Å². The second-order valence-electron chi connectivity index (χ2n) is 4.76. The molecule has 2 rings (SSSR count). The molecular weight excluding hydrogens is 347 g/mol. The quantitative estimate of drug-likeness (QED) is 0.489. The first-order chi connectivity index (χ1) is 11.0. The van der Waals surface area contributed by atoms with E-state index in [9.17, 15) is 14.9 Å². The molecule has 0 unspecified atom stereocenters. The Morgan fingerprint density at radius 2 is 2.09 bits per heavy atom. The smallest absolute Gasteiger partial charge is 0.288 e. The minimum atomic E-state index is -0.618. The fourth-order valence-electron chi connectivity index (χ4n) is 1.96. The molecule has 0 atom stereocenters. The van der Waals surface area contributed by atoms with E-state index in [1.807, 2.05) is 4.90 Å². The molecule has 1 saturated heterocycles. The Morgan fingerprint density at radius 1 is 1.39 bits per heavy atom. The molecule has 10 heteroatoms. The van der Waals surface area contributed by atoms with Crippen molar-refractivity contribution in [2.75, 3.05) is 32.8 Å². The van der Waals surface area contributed by atoms with E-state index < -0.39 is 4.92 Å². The number of nitro benzene ring substituents is 1. The SMILES string of the molecule is O=C(CN1CCOCC1)N/N=C/c1cc([N+](=O)[O-])c(Cl)cc1Cl.